The largest absolute Gasteiger partial charge is 0.321 e. The van der Waals surface area contributed by atoms with E-state index in [1.165, 1.54) is 23.6 Å². The van der Waals surface area contributed by atoms with Gasteiger partial charge in [-0.15, -0.1) is 11.3 Å². The summed E-state index contributed by atoms with van der Waals surface area (Å²) >= 11 is 0.982. The molecule has 140 valence electrons. The number of sulfonamides is 1. The van der Waals surface area contributed by atoms with Crippen LogP contribution in [0.5, 0.6) is 0 Å². The van der Waals surface area contributed by atoms with Crippen LogP contribution >= 0.6 is 11.3 Å². The van der Waals surface area contributed by atoms with Crippen LogP contribution in [0, 0.1) is 19.7 Å². The van der Waals surface area contributed by atoms with E-state index < -0.39 is 21.7 Å². The number of anilines is 2. The van der Waals surface area contributed by atoms with E-state index in [0.717, 1.165) is 16.9 Å². The Morgan fingerprint density at radius 2 is 1.81 bits per heavy atom. The summed E-state index contributed by atoms with van der Waals surface area (Å²) in [5, 5.41) is 4.02. The number of aromatic nitrogens is 1. The second kappa shape index (κ2) is 7.45. The van der Waals surface area contributed by atoms with E-state index in [1.54, 1.807) is 31.2 Å². The van der Waals surface area contributed by atoms with Crippen molar-refractivity contribution in [3.63, 3.8) is 0 Å². The Bertz CT molecular complexity index is 1090. The normalized spacial score (nSPS) is 11.2. The number of carbonyl (C=O) groups is 1. The van der Waals surface area contributed by atoms with Gasteiger partial charge < -0.3 is 5.32 Å². The molecule has 3 rings (SSSR count). The van der Waals surface area contributed by atoms with Crippen LogP contribution in [0.1, 0.15) is 21.6 Å². The zero-order valence-electron chi connectivity index (χ0n) is 14.5. The van der Waals surface area contributed by atoms with Gasteiger partial charge >= 0.3 is 0 Å². The van der Waals surface area contributed by atoms with E-state index in [4.69, 9.17) is 0 Å². The van der Waals surface area contributed by atoms with Crippen LogP contribution in [0.15, 0.2) is 52.7 Å². The summed E-state index contributed by atoms with van der Waals surface area (Å²) in [6.07, 6.45) is 0. The van der Waals surface area contributed by atoms with E-state index in [2.05, 4.69) is 15.0 Å². The van der Waals surface area contributed by atoms with Gasteiger partial charge in [-0.05, 0) is 43.7 Å². The fraction of sp³-hybridized carbons (Fsp3) is 0.111. The Kier molecular flexibility index (Phi) is 5.24. The fourth-order valence-corrected chi connectivity index (χ4v) is 4.13. The monoisotopic (exact) mass is 405 g/mol. The molecule has 2 aromatic carbocycles. The van der Waals surface area contributed by atoms with Crippen molar-refractivity contribution < 1.29 is 17.6 Å². The zero-order chi connectivity index (χ0) is 19.6. The lowest BCUT2D eigenvalue weighted by Gasteiger charge is -2.06. The topological polar surface area (TPSA) is 88.2 Å². The van der Waals surface area contributed by atoms with Crippen molar-refractivity contribution in [1.29, 1.82) is 0 Å². The molecule has 3 aromatic rings. The molecule has 1 heterocycles. The third kappa shape index (κ3) is 4.50. The van der Waals surface area contributed by atoms with Crippen LogP contribution in [-0.4, -0.2) is 19.3 Å². The number of hydrogen-bond acceptors (Lipinski definition) is 5. The maximum atomic E-state index is 13.6. The van der Waals surface area contributed by atoms with Crippen LogP contribution in [0.25, 0.3) is 0 Å². The number of nitrogens with zero attached hydrogens (tertiary/aromatic N) is 1. The molecule has 0 saturated carbocycles. The average Bonchev–Trinajstić information content (AvgIpc) is 3.06. The van der Waals surface area contributed by atoms with Gasteiger partial charge in [-0.25, -0.2) is 17.8 Å². The quantitative estimate of drug-likeness (QED) is 0.673. The Morgan fingerprint density at radius 1 is 1.11 bits per heavy atom. The number of thiazole rings is 1. The van der Waals surface area contributed by atoms with Gasteiger partial charge in [0.25, 0.3) is 15.9 Å². The minimum atomic E-state index is -3.80. The summed E-state index contributed by atoms with van der Waals surface area (Å²) in [7, 11) is -3.80. The molecule has 0 atom stereocenters. The molecule has 1 amide bonds. The van der Waals surface area contributed by atoms with Crippen molar-refractivity contribution in [3.05, 3.63) is 70.5 Å². The van der Waals surface area contributed by atoms with Gasteiger partial charge in [0.05, 0.1) is 4.90 Å². The molecule has 6 nitrogen and oxygen atoms in total. The molecule has 1 aromatic heterocycles. The second-order valence-electron chi connectivity index (χ2n) is 5.87. The van der Waals surface area contributed by atoms with Crippen molar-refractivity contribution >= 4 is 38.1 Å². The van der Waals surface area contributed by atoms with Crippen molar-refractivity contribution in [2.24, 2.45) is 0 Å². The van der Waals surface area contributed by atoms with Crippen molar-refractivity contribution in [3.8, 4) is 0 Å². The molecule has 2 N–H and O–H groups in total. The molecule has 0 spiro atoms. The smallest absolute Gasteiger partial charge is 0.275 e. The molecule has 0 bridgehead atoms. The molecule has 0 aliphatic carbocycles. The second-order valence-corrected chi connectivity index (χ2v) is 8.42. The molecule has 0 aliphatic rings. The van der Waals surface area contributed by atoms with Gasteiger partial charge in [0.2, 0.25) is 0 Å². The number of amides is 1. The van der Waals surface area contributed by atoms with Gasteiger partial charge in [0.1, 0.15) is 11.5 Å². The highest BCUT2D eigenvalue weighted by Crippen LogP contribution is 2.21. The van der Waals surface area contributed by atoms with Crippen molar-refractivity contribution in [2.45, 2.75) is 18.7 Å². The zero-order valence-corrected chi connectivity index (χ0v) is 16.1. The highest BCUT2D eigenvalue weighted by Gasteiger charge is 2.18. The standard InChI is InChI=1S/C18H16FN3O3S2/c1-11-3-7-14(8-4-11)27(24,25)22-18-21-16(10-26-18)17(23)20-13-6-5-12(2)15(19)9-13/h3-10H,1-2H3,(H,20,23)(H,21,22). The summed E-state index contributed by atoms with van der Waals surface area (Å²) in [4.78, 5) is 16.3. The van der Waals surface area contributed by atoms with E-state index in [9.17, 15) is 17.6 Å². The van der Waals surface area contributed by atoms with E-state index >= 15 is 0 Å². The Balaban J connectivity index is 1.73. The number of rotatable bonds is 5. The number of aryl methyl sites for hydroxylation is 2. The van der Waals surface area contributed by atoms with E-state index in [1.807, 2.05) is 6.92 Å². The first-order valence-electron chi connectivity index (χ1n) is 7.87. The lowest BCUT2D eigenvalue weighted by molar-refractivity contribution is 0.102. The molecule has 0 saturated heterocycles. The lowest BCUT2D eigenvalue weighted by Crippen LogP contribution is -2.15. The first-order valence-corrected chi connectivity index (χ1v) is 10.2. The number of nitrogens with one attached hydrogen (secondary N) is 2. The molecular formula is C18H16FN3O3S2. The number of carbonyl (C=O) groups excluding carboxylic acids is 1. The fourth-order valence-electron chi connectivity index (χ4n) is 2.18. The molecule has 0 radical (unpaired) electrons. The van der Waals surface area contributed by atoms with Crippen LogP contribution in [0.2, 0.25) is 0 Å². The maximum absolute atomic E-state index is 13.6. The number of halogens is 1. The molecule has 9 heteroatoms. The van der Waals surface area contributed by atoms with Crippen LogP contribution in [-0.2, 0) is 10.0 Å². The Labute approximate surface area is 160 Å². The van der Waals surface area contributed by atoms with Crippen molar-refractivity contribution in [2.75, 3.05) is 10.0 Å². The number of benzene rings is 2. The first-order chi connectivity index (χ1) is 12.7. The minimum Gasteiger partial charge on any atom is -0.321 e. The molecule has 0 unspecified atom stereocenters. The van der Waals surface area contributed by atoms with Gasteiger partial charge in [-0.3, -0.25) is 9.52 Å². The first kappa shape index (κ1) is 19.0. The van der Waals surface area contributed by atoms with Gasteiger partial charge in [-0.2, -0.15) is 0 Å². The Morgan fingerprint density at radius 3 is 2.48 bits per heavy atom. The predicted octanol–water partition coefficient (Wildman–Crippen LogP) is 3.95. The maximum Gasteiger partial charge on any atom is 0.275 e. The highest BCUT2D eigenvalue weighted by molar-refractivity contribution is 7.93. The third-order valence-corrected chi connectivity index (χ3v) is 5.96. The van der Waals surface area contributed by atoms with Crippen LogP contribution in [0.3, 0.4) is 0 Å². The van der Waals surface area contributed by atoms with Crippen molar-refractivity contribution in [1.82, 2.24) is 4.98 Å². The molecular weight excluding hydrogens is 389 g/mol. The van der Waals surface area contributed by atoms with Gasteiger partial charge in [0, 0.05) is 11.1 Å². The highest BCUT2D eigenvalue weighted by atomic mass is 32.2. The Hall–Kier alpha value is -2.78. The molecule has 0 aliphatic heterocycles. The van der Waals surface area contributed by atoms with E-state index in [0.29, 0.717) is 5.56 Å². The average molecular weight is 405 g/mol. The van der Waals surface area contributed by atoms with Gasteiger partial charge in [0.15, 0.2) is 5.13 Å². The summed E-state index contributed by atoms with van der Waals surface area (Å²) < 4.78 is 40.6. The number of hydrogen-bond donors (Lipinski definition) is 2. The lowest BCUT2D eigenvalue weighted by atomic mass is 10.2. The van der Waals surface area contributed by atoms with Crippen LogP contribution in [0.4, 0.5) is 15.2 Å². The summed E-state index contributed by atoms with van der Waals surface area (Å²) in [6, 6.07) is 10.7. The summed E-state index contributed by atoms with van der Waals surface area (Å²) in [5.74, 6) is -0.993. The third-order valence-electron chi connectivity index (χ3n) is 3.72. The van der Waals surface area contributed by atoms with E-state index in [-0.39, 0.29) is 21.4 Å². The molecule has 0 fully saturated rings. The minimum absolute atomic E-state index is 0.0302. The SMILES string of the molecule is Cc1ccc(S(=O)(=O)Nc2nc(C(=O)Nc3ccc(C)c(F)c3)cs2)cc1. The summed E-state index contributed by atoms with van der Waals surface area (Å²) in [6.45, 7) is 3.48. The summed E-state index contributed by atoms with van der Waals surface area (Å²) in [5.41, 5.74) is 1.73. The molecule has 27 heavy (non-hydrogen) atoms. The van der Waals surface area contributed by atoms with Crippen LogP contribution < -0.4 is 10.0 Å². The van der Waals surface area contributed by atoms with Gasteiger partial charge in [-0.1, -0.05) is 23.8 Å². The predicted molar refractivity (Wildman–Crippen MR) is 103 cm³/mol.